The maximum Gasteiger partial charge on any atom is 0.222 e. The van der Waals surface area contributed by atoms with Crippen molar-refractivity contribution in [3.63, 3.8) is 0 Å². The first-order valence-electron chi connectivity index (χ1n) is 10.8. The molecule has 0 aromatic heterocycles. The van der Waals surface area contributed by atoms with Crippen LogP contribution in [-0.4, -0.2) is 41.7 Å². The second kappa shape index (κ2) is 10.8. The minimum atomic E-state index is 0.268. The Labute approximate surface area is 181 Å². The Morgan fingerprint density at radius 2 is 1.66 bits per heavy atom. The zero-order chi connectivity index (χ0) is 20.6. The average Bonchev–Trinajstić information content (AvgIpc) is 3.13. The average molecular weight is 411 g/mol. The van der Waals surface area contributed by atoms with Gasteiger partial charge in [-0.05, 0) is 29.9 Å². The Balaban J connectivity index is 1.74. The maximum atomic E-state index is 13.0. The lowest BCUT2D eigenvalue weighted by atomic mass is 9.88. The van der Waals surface area contributed by atoms with Gasteiger partial charge >= 0.3 is 0 Å². The Kier molecular flexibility index (Phi) is 8.19. The van der Waals surface area contributed by atoms with E-state index in [1.165, 1.54) is 11.1 Å². The van der Waals surface area contributed by atoms with Crippen molar-refractivity contribution in [1.82, 2.24) is 10.2 Å². The fourth-order valence-electron chi connectivity index (χ4n) is 4.18. The molecule has 1 aliphatic rings. The van der Waals surface area contributed by atoms with Gasteiger partial charge in [0.15, 0.2) is 0 Å². The van der Waals surface area contributed by atoms with Gasteiger partial charge in [-0.15, -0.1) is 0 Å². The molecule has 0 bridgehead atoms. The Morgan fingerprint density at radius 1 is 1.07 bits per heavy atom. The van der Waals surface area contributed by atoms with Crippen molar-refractivity contribution in [3.05, 3.63) is 71.8 Å². The molecule has 1 N–H and O–H groups in total. The second-order valence-corrected chi connectivity index (χ2v) is 9.33. The van der Waals surface area contributed by atoms with E-state index >= 15 is 0 Å². The monoisotopic (exact) mass is 410 g/mol. The van der Waals surface area contributed by atoms with Gasteiger partial charge in [-0.1, -0.05) is 74.5 Å². The van der Waals surface area contributed by atoms with Crippen LogP contribution in [0.3, 0.4) is 0 Å². The van der Waals surface area contributed by atoms with E-state index in [0.29, 0.717) is 29.5 Å². The van der Waals surface area contributed by atoms with E-state index in [4.69, 9.17) is 0 Å². The predicted molar refractivity (Wildman–Crippen MR) is 125 cm³/mol. The molecule has 2 aromatic carbocycles. The van der Waals surface area contributed by atoms with Crippen LogP contribution in [0.4, 0.5) is 0 Å². The van der Waals surface area contributed by atoms with Crippen LogP contribution in [-0.2, 0) is 4.79 Å². The molecular weight excluding hydrogens is 376 g/mol. The number of amides is 1. The fraction of sp³-hybridized carbons (Fsp3) is 0.480. The normalized spacial score (nSPS) is 19.1. The standard InChI is InChI=1S/C25H34N2OS/c1-19(2)15-25(28)27(18-22-16-23(29)17-26-22)14-13-24(20-9-5-3-6-10-20)21-11-7-4-8-12-21/h3-12,19,22-24,26,29H,13-18H2,1-2H3/t22-,23-/m0/s1. The van der Waals surface area contributed by atoms with Gasteiger partial charge in [-0.2, -0.15) is 12.6 Å². The van der Waals surface area contributed by atoms with Crippen molar-refractivity contribution >= 4 is 18.5 Å². The lowest BCUT2D eigenvalue weighted by molar-refractivity contribution is -0.132. The summed E-state index contributed by atoms with van der Waals surface area (Å²) in [5, 5.41) is 3.92. The minimum Gasteiger partial charge on any atom is -0.341 e. The zero-order valence-corrected chi connectivity index (χ0v) is 18.5. The van der Waals surface area contributed by atoms with Crippen LogP contribution in [0.1, 0.15) is 50.2 Å². The summed E-state index contributed by atoms with van der Waals surface area (Å²) in [6, 6.07) is 21.6. The van der Waals surface area contributed by atoms with Crippen molar-refractivity contribution in [2.75, 3.05) is 19.6 Å². The lowest BCUT2D eigenvalue weighted by Gasteiger charge is -2.29. The third-order valence-electron chi connectivity index (χ3n) is 5.67. The zero-order valence-electron chi connectivity index (χ0n) is 17.6. The first-order chi connectivity index (χ1) is 14.0. The quantitative estimate of drug-likeness (QED) is 0.585. The number of nitrogens with one attached hydrogen (secondary N) is 1. The van der Waals surface area contributed by atoms with E-state index in [0.717, 1.165) is 32.5 Å². The van der Waals surface area contributed by atoms with Gasteiger partial charge in [0.25, 0.3) is 0 Å². The summed E-state index contributed by atoms with van der Waals surface area (Å²) >= 11 is 4.60. The Bertz CT molecular complexity index is 710. The molecule has 29 heavy (non-hydrogen) atoms. The topological polar surface area (TPSA) is 32.3 Å². The summed E-state index contributed by atoms with van der Waals surface area (Å²) < 4.78 is 0. The van der Waals surface area contributed by atoms with Crippen LogP contribution < -0.4 is 5.32 Å². The molecule has 0 saturated carbocycles. The van der Waals surface area contributed by atoms with Crippen LogP contribution in [0.25, 0.3) is 0 Å². The predicted octanol–water partition coefficient (Wildman–Crippen LogP) is 4.74. The Hall–Kier alpha value is -1.78. The second-order valence-electron chi connectivity index (χ2n) is 8.60. The van der Waals surface area contributed by atoms with E-state index in [9.17, 15) is 4.79 Å². The number of hydrogen-bond donors (Lipinski definition) is 2. The van der Waals surface area contributed by atoms with E-state index < -0.39 is 0 Å². The molecule has 0 spiro atoms. The number of benzene rings is 2. The molecule has 0 unspecified atom stereocenters. The maximum absolute atomic E-state index is 13.0. The number of thiol groups is 1. The van der Waals surface area contributed by atoms with Crippen molar-refractivity contribution in [3.8, 4) is 0 Å². The van der Waals surface area contributed by atoms with Gasteiger partial charge in [-0.25, -0.2) is 0 Å². The highest BCUT2D eigenvalue weighted by Gasteiger charge is 2.26. The number of carbonyl (C=O) groups excluding carboxylic acids is 1. The van der Waals surface area contributed by atoms with Crippen LogP contribution >= 0.6 is 12.6 Å². The molecule has 1 heterocycles. The highest BCUT2D eigenvalue weighted by atomic mass is 32.1. The van der Waals surface area contributed by atoms with Gasteiger partial charge < -0.3 is 10.2 Å². The SMILES string of the molecule is CC(C)CC(=O)N(CCC(c1ccccc1)c1ccccc1)C[C@@H]1C[C@H](S)CN1. The van der Waals surface area contributed by atoms with Gasteiger partial charge in [0.05, 0.1) is 0 Å². The Morgan fingerprint density at radius 3 is 2.14 bits per heavy atom. The highest BCUT2D eigenvalue weighted by Crippen LogP contribution is 2.28. The fourth-order valence-corrected chi connectivity index (χ4v) is 4.54. The van der Waals surface area contributed by atoms with Crippen LogP contribution in [0.2, 0.25) is 0 Å². The van der Waals surface area contributed by atoms with E-state index in [1.807, 2.05) is 0 Å². The van der Waals surface area contributed by atoms with Crippen molar-refractivity contribution in [1.29, 1.82) is 0 Å². The van der Waals surface area contributed by atoms with Crippen LogP contribution in [0, 0.1) is 5.92 Å². The van der Waals surface area contributed by atoms with Crippen LogP contribution in [0.5, 0.6) is 0 Å². The highest BCUT2D eigenvalue weighted by molar-refractivity contribution is 7.81. The first kappa shape index (κ1) is 21.9. The lowest BCUT2D eigenvalue weighted by Crippen LogP contribution is -2.42. The molecular formula is C25H34N2OS. The van der Waals surface area contributed by atoms with Crippen molar-refractivity contribution in [2.45, 2.75) is 50.3 Å². The molecule has 1 saturated heterocycles. The third-order valence-corrected chi connectivity index (χ3v) is 6.06. The molecule has 1 aliphatic heterocycles. The summed E-state index contributed by atoms with van der Waals surface area (Å²) in [7, 11) is 0. The molecule has 2 atom stereocenters. The number of rotatable bonds is 9. The van der Waals surface area contributed by atoms with Gasteiger partial charge in [-0.3, -0.25) is 4.79 Å². The van der Waals surface area contributed by atoms with Crippen molar-refractivity contribution in [2.24, 2.45) is 5.92 Å². The molecule has 1 amide bonds. The van der Waals surface area contributed by atoms with E-state index in [1.54, 1.807) is 0 Å². The molecule has 0 radical (unpaired) electrons. The smallest absolute Gasteiger partial charge is 0.222 e. The summed E-state index contributed by atoms with van der Waals surface area (Å²) in [5.74, 6) is 0.934. The summed E-state index contributed by atoms with van der Waals surface area (Å²) in [4.78, 5) is 15.1. The molecule has 3 nitrogen and oxygen atoms in total. The third kappa shape index (κ3) is 6.61. The number of hydrogen-bond acceptors (Lipinski definition) is 3. The minimum absolute atomic E-state index is 0.268. The summed E-state index contributed by atoms with van der Waals surface area (Å²) in [5.41, 5.74) is 2.62. The molecule has 1 fully saturated rings. The van der Waals surface area contributed by atoms with Gasteiger partial charge in [0, 0.05) is 43.3 Å². The molecule has 2 aromatic rings. The number of carbonyl (C=O) groups is 1. The molecule has 156 valence electrons. The van der Waals surface area contributed by atoms with E-state index in [-0.39, 0.29) is 5.91 Å². The first-order valence-corrected chi connectivity index (χ1v) is 11.3. The molecule has 3 rings (SSSR count). The van der Waals surface area contributed by atoms with Gasteiger partial charge in [0.1, 0.15) is 0 Å². The van der Waals surface area contributed by atoms with Crippen LogP contribution in [0.15, 0.2) is 60.7 Å². The number of nitrogens with zero attached hydrogens (tertiary/aromatic N) is 1. The van der Waals surface area contributed by atoms with E-state index in [2.05, 4.69) is 97.4 Å². The largest absolute Gasteiger partial charge is 0.341 e. The summed E-state index contributed by atoms with van der Waals surface area (Å²) in [6.07, 6.45) is 2.56. The van der Waals surface area contributed by atoms with Crippen molar-refractivity contribution < 1.29 is 4.79 Å². The molecule has 0 aliphatic carbocycles. The summed E-state index contributed by atoms with van der Waals surface area (Å²) in [6.45, 7) is 6.71. The van der Waals surface area contributed by atoms with Gasteiger partial charge in [0.2, 0.25) is 5.91 Å². The molecule has 4 heteroatoms.